The molecule has 0 saturated heterocycles. The van der Waals surface area contributed by atoms with E-state index in [4.69, 9.17) is 17.3 Å². The van der Waals surface area contributed by atoms with E-state index < -0.39 is 0 Å². The lowest BCUT2D eigenvalue weighted by Gasteiger charge is -2.07. The van der Waals surface area contributed by atoms with Gasteiger partial charge in [0.2, 0.25) is 5.28 Å². The van der Waals surface area contributed by atoms with Crippen LogP contribution in [0, 0.1) is 0 Å². The molecule has 2 rings (SSSR count). The van der Waals surface area contributed by atoms with E-state index in [0.29, 0.717) is 12.2 Å². The number of halogens is 1. The average molecular weight is 223 g/mol. The molecular weight excluding hydrogens is 212 g/mol. The Labute approximate surface area is 92.5 Å². The van der Waals surface area contributed by atoms with Gasteiger partial charge in [0.15, 0.2) is 0 Å². The Morgan fingerprint density at radius 3 is 2.67 bits per heavy atom. The quantitative estimate of drug-likeness (QED) is 0.831. The van der Waals surface area contributed by atoms with Crippen LogP contribution in [0.5, 0.6) is 0 Å². The van der Waals surface area contributed by atoms with Gasteiger partial charge in [-0.15, -0.1) is 5.10 Å². The highest BCUT2D eigenvalue weighted by molar-refractivity contribution is 6.28. The Kier molecular flexibility index (Phi) is 2.99. The number of nitrogens with zero attached hydrogens (tertiary/aromatic N) is 2. The second-order valence-corrected chi connectivity index (χ2v) is 3.62. The van der Waals surface area contributed by atoms with Gasteiger partial charge in [0.1, 0.15) is 5.82 Å². The van der Waals surface area contributed by atoms with Crippen LogP contribution in [-0.2, 0) is 6.42 Å². The highest BCUT2D eigenvalue weighted by Crippen LogP contribution is 2.13. The van der Waals surface area contributed by atoms with E-state index in [1.54, 1.807) is 0 Å². The van der Waals surface area contributed by atoms with Gasteiger partial charge in [-0.05, 0) is 23.6 Å². The molecule has 0 unspecified atom stereocenters. The second-order valence-electron chi connectivity index (χ2n) is 3.29. The lowest BCUT2D eigenvalue weighted by molar-refractivity contribution is 0.671. The van der Waals surface area contributed by atoms with E-state index in [0.717, 1.165) is 5.56 Å². The number of aromatic nitrogens is 3. The molecule has 1 aromatic carbocycles. The smallest absolute Gasteiger partial charge is 0.242 e. The average Bonchev–Trinajstić information content (AvgIpc) is 2.66. The Hall–Kier alpha value is -1.39. The highest BCUT2D eigenvalue weighted by atomic mass is 35.5. The lowest BCUT2D eigenvalue weighted by atomic mass is 10.1. The summed E-state index contributed by atoms with van der Waals surface area (Å²) in [7, 11) is 0. The maximum atomic E-state index is 5.95. The van der Waals surface area contributed by atoms with E-state index in [-0.39, 0.29) is 11.3 Å². The van der Waals surface area contributed by atoms with Gasteiger partial charge in [-0.25, -0.2) is 4.98 Å². The maximum Gasteiger partial charge on any atom is 0.242 e. The molecule has 5 heteroatoms. The zero-order valence-electron chi connectivity index (χ0n) is 8.02. The molecule has 4 nitrogen and oxygen atoms in total. The summed E-state index contributed by atoms with van der Waals surface area (Å²) in [6.07, 6.45) is 0.715. The molecule has 0 amide bonds. The second kappa shape index (κ2) is 4.42. The number of H-pyrrole nitrogens is 1. The first-order valence-electron chi connectivity index (χ1n) is 4.63. The van der Waals surface area contributed by atoms with Crippen molar-refractivity contribution >= 4 is 11.6 Å². The minimum atomic E-state index is -0.201. The first-order chi connectivity index (χ1) is 7.25. The Morgan fingerprint density at radius 1 is 1.33 bits per heavy atom. The van der Waals surface area contributed by atoms with Crippen LogP contribution in [0.3, 0.4) is 0 Å². The van der Waals surface area contributed by atoms with Gasteiger partial charge in [-0.2, -0.15) is 0 Å². The number of nitrogens with one attached hydrogen (secondary N) is 1. The number of benzene rings is 1. The van der Waals surface area contributed by atoms with Gasteiger partial charge >= 0.3 is 0 Å². The molecule has 0 aliphatic heterocycles. The van der Waals surface area contributed by atoms with Crippen molar-refractivity contribution in [3.63, 3.8) is 0 Å². The number of hydrogen-bond donors (Lipinski definition) is 2. The number of rotatable bonds is 3. The van der Waals surface area contributed by atoms with Crippen molar-refractivity contribution in [3.05, 3.63) is 47.0 Å². The molecule has 3 N–H and O–H groups in total. The van der Waals surface area contributed by atoms with Crippen molar-refractivity contribution < 1.29 is 0 Å². The predicted octanol–water partition coefficient (Wildman–Crippen LogP) is 1.70. The molecule has 0 aliphatic rings. The van der Waals surface area contributed by atoms with Crippen molar-refractivity contribution in [1.29, 1.82) is 0 Å². The monoisotopic (exact) mass is 222 g/mol. The Morgan fingerprint density at radius 2 is 2.07 bits per heavy atom. The van der Waals surface area contributed by atoms with Crippen LogP contribution in [0.4, 0.5) is 0 Å². The molecule has 0 fully saturated rings. The third-order valence-electron chi connectivity index (χ3n) is 2.13. The number of aromatic amines is 1. The molecule has 1 atom stereocenters. The van der Waals surface area contributed by atoms with E-state index in [9.17, 15) is 0 Å². The van der Waals surface area contributed by atoms with Gasteiger partial charge in [0.05, 0.1) is 6.04 Å². The van der Waals surface area contributed by atoms with Crippen LogP contribution in [0.25, 0.3) is 0 Å². The summed E-state index contributed by atoms with van der Waals surface area (Å²) in [6, 6.07) is 9.79. The summed E-state index contributed by atoms with van der Waals surface area (Å²) >= 11 is 5.60. The Balaban J connectivity index is 2.07. The van der Waals surface area contributed by atoms with Crippen LogP contribution in [0.2, 0.25) is 5.28 Å². The molecule has 0 spiro atoms. The van der Waals surface area contributed by atoms with Crippen LogP contribution in [0.1, 0.15) is 17.4 Å². The third kappa shape index (κ3) is 2.55. The maximum absolute atomic E-state index is 5.95. The first-order valence-corrected chi connectivity index (χ1v) is 5.01. The normalized spacial score (nSPS) is 12.7. The standard InChI is InChI=1S/C10H11ClN4/c11-10-13-9(14-15-10)8(12)6-7-4-2-1-3-5-7/h1-5,8H,6,12H2,(H,13,14,15)/t8-/m0/s1. The first kappa shape index (κ1) is 10.1. The summed E-state index contributed by atoms with van der Waals surface area (Å²) < 4.78 is 0. The van der Waals surface area contributed by atoms with E-state index in [2.05, 4.69) is 15.2 Å². The van der Waals surface area contributed by atoms with Crippen molar-refractivity contribution in [3.8, 4) is 0 Å². The fourth-order valence-electron chi connectivity index (χ4n) is 1.38. The van der Waals surface area contributed by atoms with Crippen molar-refractivity contribution in [1.82, 2.24) is 15.2 Å². The van der Waals surface area contributed by atoms with E-state index in [1.807, 2.05) is 30.3 Å². The predicted molar refractivity (Wildman–Crippen MR) is 58.5 cm³/mol. The molecule has 1 heterocycles. The van der Waals surface area contributed by atoms with E-state index >= 15 is 0 Å². The molecule has 15 heavy (non-hydrogen) atoms. The van der Waals surface area contributed by atoms with Gasteiger partial charge in [0.25, 0.3) is 0 Å². The van der Waals surface area contributed by atoms with Gasteiger partial charge in [0, 0.05) is 0 Å². The molecule has 78 valence electrons. The molecule has 0 aliphatic carbocycles. The van der Waals surface area contributed by atoms with Gasteiger partial charge in [-0.1, -0.05) is 30.3 Å². The van der Waals surface area contributed by atoms with Crippen molar-refractivity contribution in [2.45, 2.75) is 12.5 Å². The fourth-order valence-corrected chi connectivity index (χ4v) is 1.52. The fraction of sp³-hybridized carbons (Fsp3) is 0.200. The third-order valence-corrected chi connectivity index (χ3v) is 2.29. The molecule has 0 saturated carbocycles. The summed E-state index contributed by atoms with van der Waals surface area (Å²) in [4.78, 5) is 3.98. The minimum absolute atomic E-state index is 0.201. The van der Waals surface area contributed by atoms with Crippen LogP contribution < -0.4 is 5.73 Å². The minimum Gasteiger partial charge on any atom is -0.321 e. The largest absolute Gasteiger partial charge is 0.321 e. The van der Waals surface area contributed by atoms with E-state index in [1.165, 1.54) is 0 Å². The summed E-state index contributed by atoms with van der Waals surface area (Å²) in [6.45, 7) is 0. The summed E-state index contributed by atoms with van der Waals surface area (Å²) in [5.74, 6) is 0.615. The van der Waals surface area contributed by atoms with Crippen molar-refractivity contribution in [2.75, 3.05) is 0 Å². The SMILES string of the molecule is N[C@@H](Cc1ccccc1)c1nc(Cl)n[nH]1. The number of hydrogen-bond acceptors (Lipinski definition) is 3. The molecule has 2 aromatic rings. The van der Waals surface area contributed by atoms with Crippen LogP contribution in [-0.4, -0.2) is 15.2 Å². The van der Waals surface area contributed by atoms with Gasteiger partial charge < -0.3 is 5.73 Å². The van der Waals surface area contributed by atoms with Crippen LogP contribution >= 0.6 is 11.6 Å². The highest BCUT2D eigenvalue weighted by Gasteiger charge is 2.11. The summed E-state index contributed by atoms with van der Waals surface area (Å²) in [5, 5.41) is 6.64. The molecule has 1 aromatic heterocycles. The van der Waals surface area contributed by atoms with Gasteiger partial charge in [-0.3, -0.25) is 5.10 Å². The zero-order valence-corrected chi connectivity index (χ0v) is 8.78. The summed E-state index contributed by atoms with van der Waals surface area (Å²) in [5.41, 5.74) is 7.11. The number of nitrogens with two attached hydrogens (primary N) is 1. The van der Waals surface area contributed by atoms with Crippen molar-refractivity contribution in [2.24, 2.45) is 5.73 Å². The molecule has 0 radical (unpaired) electrons. The Bertz CT molecular complexity index is 426. The molecular formula is C10H11ClN4. The lowest BCUT2D eigenvalue weighted by Crippen LogP contribution is -2.15. The van der Waals surface area contributed by atoms with Crippen LogP contribution in [0.15, 0.2) is 30.3 Å². The zero-order chi connectivity index (χ0) is 10.7. The topological polar surface area (TPSA) is 67.6 Å². The molecule has 0 bridgehead atoms.